The van der Waals surface area contributed by atoms with Crippen molar-refractivity contribution in [3.8, 4) is 16.9 Å². The first kappa shape index (κ1) is 21.5. The third kappa shape index (κ3) is 4.20. The van der Waals surface area contributed by atoms with Gasteiger partial charge in [-0.25, -0.2) is 0 Å². The quantitative estimate of drug-likeness (QED) is 0.608. The molecule has 0 spiro atoms. The molecule has 2 aliphatic rings. The molecule has 3 aromatic rings. The number of hydrogen-bond donors (Lipinski definition) is 2. The third-order valence-corrected chi connectivity index (χ3v) is 6.90. The molecule has 2 aromatic carbocycles. The molecule has 3 atom stereocenters. The average Bonchev–Trinajstić information content (AvgIpc) is 3.56. The van der Waals surface area contributed by atoms with E-state index in [0.717, 1.165) is 52.3 Å². The molecule has 3 heterocycles. The van der Waals surface area contributed by atoms with Crippen molar-refractivity contribution in [2.45, 2.75) is 38.4 Å². The van der Waals surface area contributed by atoms with Crippen LogP contribution in [0, 0.1) is 6.92 Å². The number of carbonyl (C=O) groups excluding carboxylic acids is 1. The van der Waals surface area contributed by atoms with Crippen molar-refractivity contribution in [1.82, 2.24) is 20.4 Å². The minimum Gasteiger partial charge on any atom is -0.497 e. The van der Waals surface area contributed by atoms with Crippen molar-refractivity contribution in [3.05, 3.63) is 65.5 Å². The van der Waals surface area contributed by atoms with Gasteiger partial charge in [0.2, 0.25) is 0 Å². The summed E-state index contributed by atoms with van der Waals surface area (Å²) in [5.41, 5.74) is 5.84. The number of fused-ring (bicyclic) bond motifs is 2. The molecule has 33 heavy (non-hydrogen) atoms. The van der Waals surface area contributed by atoms with Gasteiger partial charge in [-0.2, -0.15) is 5.10 Å². The van der Waals surface area contributed by atoms with E-state index < -0.39 is 0 Å². The van der Waals surface area contributed by atoms with Crippen molar-refractivity contribution in [2.75, 3.05) is 25.1 Å². The number of nitrogens with zero attached hydrogens (tertiary/aromatic N) is 3. The number of ether oxygens (including phenoxy) is 1. The Kier molecular flexibility index (Phi) is 5.58. The van der Waals surface area contributed by atoms with Crippen LogP contribution >= 0.6 is 0 Å². The number of hydrogen-bond acceptors (Lipinski definition) is 5. The highest BCUT2D eigenvalue weighted by molar-refractivity contribution is 5.97. The van der Waals surface area contributed by atoms with E-state index in [0.29, 0.717) is 12.1 Å². The Morgan fingerprint density at radius 2 is 2.09 bits per heavy atom. The van der Waals surface area contributed by atoms with Crippen LogP contribution < -0.4 is 20.3 Å². The molecule has 2 N–H and O–H groups in total. The molecular weight excluding hydrogens is 414 g/mol. The summed E-state index contributed by atoms with van der Waals surface area (Å²) in [6.07, 6.45) is 4.98. The molecular formula is C26H31N5O2. The van der Waals surface area contributed by atoms with E-state index in [2.05, 4.69) is 38.8 Å². The molecule has 7 nitrogen and oxygen atoms in total. The van der Waals surface area contributed by atoms with Crippen molar-refractivity contribution < 1.29 is 9.53 Å². The summed E-state index contributed by atoms with van der Waals surface area (Å²) in [4.78, 5) is 15.7. The highest BCUT2D eigenvalue weighted by Crippen LogP contribution is 2.32. The van der Waals surface area contributed by atoms with Gasteiger partial charge in [0, 0.05) is 55.2 Å². The van der Waals surface area contributed by atoms with Gasteiger partial charge in [0.15, 0.2) is 0 Å². The topological polar surface area (TPSA) is 71.4 Å². The Morgan fingerprint density at radius 3 is 2.76 bits per heavy atom. The molecule has 2 aliphatic heterocycles. The van der Waals surface area contributed by atoms with E-state index in [-0.39, 0.29) is 11.9 Å². The second-order valence-corrected chi connectivity index (χ2v) is 9.24. The fraction of sp³-hybridized carbons (Fsp3) is 0.385. The normalized spacial score (nSPS) is 20.2. The fourth-order valence-electron chi connectivity index (χ4n) is 4.99. The van der Waals surface area contributed by atoms with Gasteiger partial charge in [0.25, 0.3) is 5.91 Å². The Bertz CT molecular complexity index is 1190. The number of nitrogens with one attached hydrogen (secondary N) is 2. The maximum atomic E-state index is 13.3. The number of rotatable bonds is 6. The number of amides is 1. The molecule has 0 radical (unpaired) electrons. The van der Waals surface area contributed by atoms with Crippen molar-refractivity contribution in [3.63, 3.8) is 0 Å². The highest BCUT2D eigenvalue weighted by atomic mass is 16.5. The Hall–Kier alpha value is -3.32. The van der Waals surface area contributed by atoms with Gasteiger partial charge in [0.05, 0.1) is 19.3 Å². The van der Waals surface area contributed by atoms with Crippen LogP contribution in [0.2, 0.25) is 0 Å². The van der Waals surface area contributed by atoms with Crippen LogP contribution in [-0.4, -0.2) is 48.0 Å². The van der Waals surface area contributed by atoms with Crippen LogP contribution in [0.15, 0.2) is 48.8 Å². The van der Waals surface area contributed by atoms with Crippen LogP contribution in [-0.2, 0) is 7.05 Å². The van der Waals surface area contributed by atoms with E-state index >= 15 is 0 Å². The predicted molar refractivity (Wildman–Crippen MR) is 130 cm³/mol. The van der Waals surface area contributed by atoms with E-state index in [1.54, 1.807) is 11.8 Å². The molecule has 2 fully saturated rings. The monoisotopic (exact) mass is 445 g/mol. The molecule has 0 aliphatic carbocycles. The summed E-state index contributed by atoms with van der Waals surface area (Å²) < 4.78 is 7.30. The predicted octanol–water partition coefficient (Wildman–Crippen LogP) is 3.45. The van der Waals surface area contributed by atoms with Crippen molar-refractivity contribution >= 4 is 11.6 Å². The van der Waals surface area contributed by atoms with Crippen LogP contribution in [0.3, 0.4) is 0 Å². The zero-order valence-electron chi connectivity index (χ0n) is 19.6. The minimum atomic E-state index is -0.182. The number of carbonyl (C=O) groups is 1. The summed E-state index contributed by atoms with van der Waals surface area (Å²) in [6.45, 7) is 6.02. The Morgan fingerprint density at radius 1 is 1.24 bits per heavy atom. The summed E-state index contributed by atoms with van der Waals surface area (Å²) in [5, 5.41) is 11.0. The Labute approximate surface area is 194 Å². The van der Waals surface area contributed by atoms with Crippen LogP contribution in [0.1, 0.15) is 40.9 Å². The molecule has 7 heteroatoms. The molecule has 1 amide bonds. The van der Waals surface area contributed by atoms with Crippen molar-refractivity contribution in [1.29, 1.82) is 0 Å². The maximum Gasteiger partial charge on any atom is 0.252 e. The molecule has 2 saturated heterocycles. The largest absolute Gasteiger partial charge is 0.497 e. The smallest absolute Gasteiger partial charge is 0.252 e. The lowest BCUT2D eigenvalue weighted by molar-refractivity contribution is 0.0939. The zero-order chi connectivity index (χ0) is 23.1. The first-order valence-corrected chi connectivity index (χ1v) is 11.5. The summed E-state index contributed by atoms with van der Waals surface area (Å²) >= 11 is 0. The number of aromatic nitrogens is 2. The summed E-state index contributed by atoms with van der Waals surface area (Å²) in [5.74, 6) is 0.693. The average molecular weight is 446 g/mol. The van der Waals surface area contributed by atoms with Crippen LogP contribution in [0.5, 0.6) is 5.75 Å². The fourth-order valence-corrected chi connectivity index (χ4v) is 4.99. The van der Waals surface area contributed by atoms with Gasteiger partial charge < -0.3 is 20.3 Å². The zero-order valence-corrected chi connectivity index (χ0v) is 19.6. The lowest BCUT2D eigenvalue weighted by atomic mass is 10.0. The van der Waals surface area contributed by atoms with Gasteiger partial charge in [-0.05, 0) is 67.3 Å². The molecule has 0 saturated carbocycles. The van der Waals surface area contributed by atoms with Gasteiger partial charge in [0.1, 0.15) is 5.75 Å². The van der Waals surface area contributed by atoms with Crippen molar-refractivity contribution in [2.24, 2.45) is 7.05 Å². The van der Waals surface area contributed by atoms with E-state index in [1.807, 2.05) is 51.5 Å². The second-order valence-electron chi connectivity index (χ2n) is 9.24. The highest BCUT2D eigenvalue weighted by Gasteiger charge is 2.37. The summed E-state index contributed by atoms with van der Waals surface area (Å²) in [7, 11) is 3.55. The first-order chi connectivity index (χ1) is 15.9. The maximum absolute atomic E-state index is 13.3. The standard InChI is InChI=1S/C26H31N5O2/c1-16-5-6-22(31-15-21-10-23(31)13-27-21)11-25(16)26(32)29-17(2)18-7-19(9-24(8-18)33-4)20-12-28-30(3)14-20/h5-9,11-12,14,17,21,23,27H,10,13,15H2,1-4H3,(H,29,32)/t17-,21-,23-/m1/s1. The molecule has 0 unspecified atom stereocenters. The molecule has 2 bridgehead atoms. The van der Waals surface area contributed by atoms with E-state index in [9.17, 15) is 4.79 Å². The number of aryl methyl sites for hydroxylation is 2. The molecule has 5 rings (SSSR count). The second kappa shape index (κ2) is 8.56. The first-order valence-electron chi connectivity index (χ1n) is 11.5. The Balaban J connectivity index is 1.37. The minimum absolute atomic E-state index is 0.0601. The van der Waals surface area contributed by atoms with Gasteiger partial charge in [-0.1, -0.05) is 6.07 Å². The van der Waals surface area contributed by atoms with Gasteiger partial charge >= 0.3 is 0 Å². The van der Waals surface area contributed by atoms with E-state index in [4.69, 9.17) is 4.74 Å². The lowest BCUT2D eigenvalue weighted by Gasteiger charge is -2.30. The number of methoxy groups -OCH3 is 1. The van der Waals surface area contributed by atoms with Gasteiger partial charge in [-0.3, -0.25) is 9.48 Å². The molecule has 1 aromatic heterocycles. The number of piperazine rings is 1. The van der Waals surface area contributed by atoms with Crippen LogP contribution in [0.25, 0.3) is 11.1 Å². The molecule has 172 valence electrons. The summed E-state index contributed by atoms with van der Waals surface area (Å²) in [6, 6.07) is 13.2. The van der Waals surface area contributed by atoms with Crippen LogP contribution in [0.4, 0.5) is 5.69 Å². The third-order valence-electron chi connectivity index (χ3n) is 6.90. The van der Waals surface area contributed by atoms with E-state index in [1.165, 1.54) is 6.42 Å². The SMILES string of the molecule is COc1cc(-c2cnn(C)c2)cc([C@@H](C)NC(=O)c2cc(N3C[C@H]4C[C@@H]3CN4)ccc2C)c1. The number of anilines is 1. The lowest BCUT2D eigenvalue weighted by Crippen LogP contribution is -2.43. The van der Waals surface area contributed by atoms with Gasteiger partial charge in [-0.15, -0.1) is 0 Å². The number of benzene rings is 2.